The second-order valence-electron chi connectivity index (χ2n) is 9.91. The molecule has 9 nitrogen and oxygen atoms in total. The van der Waals surface area contributed by atoms with Gasteiger partial charge in [-0.3, -0.25) is 14.5 Å². The predicted octanol–water partition coefficient (Wildman–Crippen LogP) is 5.54. The van der Waals surface area contributed by atoms with E-state index in [9.17, 15) is 18.0 Å². The van der Waals surface area contributed by atoms with Crippen molar-refractivity contribution in [1.82, 2.24) is 24.3 Å². The zero-order valence-corrected chi connectivity index (χ0v) is 23.5. The summed E-state index contributed by atoms with van der Waals surface area (Å²) in [6.45, 7) is 2.65. The SMILES string of the molecule is COc1ccc2nc(C)cc(N(C)CCOc3c(C=O)cc(Cn4ccnc4)cc3-c3cn(C)nc3C(F)(F)F)c2c1. The van der Waals surface area contributed by atoms with E-state index in [1.807, 2.05) is 43.1 Å². The van der Waals surface area contributed by atoms with Crippen LogP contribution in [-0.4, -0.2) is 57.9 Å². The number of pyridine rings is 1. The van der Waals surface area contributed by atoms with E-state index in [0.717, 1.165) is 27.0 Å². The van der Waals surface area contributed by atoms with Crippen molar-refractivity contribution in [1.29, 1.82) is 0 Å². The minimum Gasteiger partial charge on any atom is -0.497 e. The van der Waals surface area contributed by atoms with Crippen molar-refractivity contribution in [3.8, 4) is 22.6 Å². The molecular formula is C30H29F3N6O3. The summed E-state index contributed by atoms with van der Waals surface area (Å²) in [6.07, 6.45) is 2.08. The fraction of sp³-hybridized carbons (Fsp3) is 0.267. The first-order valence-corrected chi connectivity index (χ1v) is 13.1. The molecule has 0 bridgehead atoms. The van der Waals surface area contributed by atoms with Crippen LogP contribution in [0.5, 0.6) is 11.5 Å². The molecule has 42 heavy (non-hydrogen) atoms. The van der Waals surface area contributed by atoms with Gasteiger partial charge in [-0.2, -0.15) is 18.3 Å². The number of likely N-dealkylation sites (N-methyl/N-ethyl adjacent to an activating group) is 1. The summed E-state index contributed by atoms with van der Waals surface area (Å²) >= 11 is 0. The molecule has 0 radical (unpaired) electrons. The molecule has 218 valence electrons. The van der Waals surface area contributed by atoms with Crippen LogP contribution in [0.4, 0.5) is 18.9 Å². The number of aryl methyl sites for hydroxylation is 2. The van der Waals surface area contributed by atoms with Crippen molar-refractivity contribution < 1.29 is 27.4 Å². The molecule has 0 N–H and O–H groups in total. The van der Waals surface area contributed by atoms with Crippen molar-refractivity contribution in [3.05, 3.63) is 83.8 Å². The van der Waals surface area contributed by atoms with Gasteiger partial charge in [0.1, 0.15) is 18.1 Å². The van der Waals surface area contributed by atoms with Crippen LogP contribution in [0.25, 0.3) is 22.0 Å². The standard InChI is InChI=1S/C30H29F3N6O3/c1-19-11-27(24-14-22(41-4)5-6-26(24)35-19)37(2)9-10-42-28-21(17-40)12-20(15-39-8-7-34-18-39)13-23(28)25-16-38(3)36-29(25)30(31,32)33/h5-8,11-14,16-18H,9-10,15H2,1-4H3. The van der Waals surface area contributed by atoms with Gasteiger partial charge in [0.15, 0.2) is 12.0 Å². The average Bonchev–Trinajstić information content (AvgIpc) is 3.62. The molecule has 0 aliphatic carbocycles. The minimum absolute atomic E-state index is 0.0590. The van der Waals surface area contributed by atoms with E-state index in [4.69, 9.17) is 9.47 Å². The Morgan fingerprint density at radius 2 is 1.93 bits per heavy atom. The average molecular weight is 579 g/mol. The Balaban J connectivity index is 1.50. The van der Waals surface area contributed by atoms with Crippen LogP contribution in [-0.2, 0) is 19.8 Å². The molecule has 12 heteroatoms. The van der Waals surface area contributed by atoms with E-state index in [2.05, 4.69) is 15.1 Å². The van der Waals surface area contributed by atoms with Gasteiger partial charge < -0.3 is 18.9 Å². The second-order valence-corrected chi connectivity index (χ2v) is 9.91. The van der Waals surface area contributed by atoms with Crippen LogP contribution < -0.4 is 14.4 Å². The first kappa shape index (κ1) is 28.7. The minimum atomic E-state index is -4.71. The summed E-state index contributed by atoms with van der Waals surface area (Å²) in [5.41, 5.74) is 2.16. The second kappa shape index (κ2) is 11.6. The molecule has 5 aromatic rings. The predicted molar refractivity (Wildman–Crippen MR) is 152 cm³/mol. The first-order chi connectivity index (χ1) is 20.1. The van der Waals surface area contributed by atoms with Crippen molar-refractivity contribution >= 4 is 22.9 Å². The molecule has 0 aliphatic rings. The number of benzene rings is 2. The number of halogens is 3. The van der Waals surface area contributed by atoms with Crippen LogP contribution >= 0.6 is 0 Å². The van der Waals surface area contributed by atoms with E-state index in [0.29, 0.717) is 30.7 Å². The number of carbonyl (C=O) groups excluding carboxylic acids is 1. The smallest absolute Gasteiger partial charge is 0.435 e. The molecular weight excluding hydrogens is 549 g/mol. The maximum absolute atomic E-state index is 14.0. The zero-order valence-electron chi connectivity index (χ0n) is 23.5. The fourth-order valence-corrected chi connectivity index (χ4v) is 4.90. The Morgan fingerprint density at radius 1 is 1.12 bits per heavy atom. The number of methoxy groups -OCH3 is 1. The molecule has 3 heterocycles. The van der Waals surface area contributed by atoms with E-state index in [1.54, 1.807) is 42.5 Å². The number of hydrogen-bond donors (Lipinski definition) is 0. The number of nitrogens with zero attached hydrogens (tertiary/aromatic N) is 6. The lowest BCUT2D eigenvalue weighted by Gasteiger charge is -2.23. The molecule has 0 atom stereocenters. The topological polar surface area (TPSA) is 87.3 Å². The molecule has 0 spiro atoms. The summed E-state index contributed by atoms with van der Waals surface area (Å²) in [5.74, 6) is 0.746. The van der Waals surface area contributed by atoms with E-state index in [-0.39, 0.29) is 29.0 Å². The molecule has 3 aromatic heterocycles. The van der Waals surface area contributed by atoms with Crippen molar-refractivity contribution in [2.24, 2.45) is 7.05 Å². The Bertz CT molecular complexity index is 1730. The van der Waals surface area contributed by atoms with Gasteiger partial charge in [-0.05, 0) is 48.9 Å². The summed E-state index contributed by atoms with van der Waals surface area (Å²) < 4.78 is 56.4. The van der Waals surface area contributed by atoms with Crippen LogP contribution in [0.3, 0.4) is 0 Å². The largest absolute Gasteiger partial charge is 0.497 e. The van der Waals surface area contributed by atoms with Crippen LogP contribution in [0.15, 0.2) is 61.3 Å². The monoisotopic (exact) mass is 578 g/mol. The highest BCUT2D eigenvalue weighted by molar-refractivity contribution is 5.93. The maximum atomic E-state index is 14.0. The summed E-state index contributed by atoms with van der Waals surface area (Å²) in [4.78, 5) is 22.8. The third-order valence-corrected chi connectivity index (χ3v) is 6.82. The van der Waals surface area contributed by atoms with Gasteiger partial charge in [-0.25, -0.2) is 4.98 Å². The lowest BCUT2D eigenvalue weighted by atomic mass is 9.98. The normalized spacial score (nSPS) is 11.6. The molecule has 0 amide bonds. The molecule has 0 aliphatic heterocycles. The number of anilines is 1. The van der Waals surface area contributed by atoms with E-state index in [1.165, 1.54) is 13.2 Å². The highest BCUT2D eigenvalue weighted by Crippen LogP contribution is 2.41. The number of rotatable bonds is 10. The number of hydrogen-bond acceptors (Lipinski definition) is 7. The Kier molecular flexibility index (Phi) is 7.88. The maximum Gasteiger partial charge on any atom is 0.435 e. The van der Waals surface area contributed by atoms with Gasteiger partial charge >= 0.3 is 6.18 Å². The van der Waals surface area contributed by atoms with Gasteiger partial charge in [-0.1, -0.05) is 0 Å². The van der Waals surface area contributed by atoms with E-state index < -0.39 is 11.9 Å². The van der Waals surface area contributed by atoms with Crippen molar-refractivity contribution in [2.45, 2.75) is 19.6 Å². The number of carbonyl (C=O) groups is 1. The summed E-state index contributed by atoms with van der Waals surface area (Å²) in [6, 6.07) is 10.8. The van der Waals surface area contributed by atoms with Gasteiger partial charge in [0.05, 0.1) is 31.1 Å². The molecule has 2 aromatic carbocycles. The molecule has 5 rings (SSSR count). The Hall–Kier alpha value is -4.87. The molecule has 0 saturated carbocycles. The number of imidazole rings is 1. The zero-order chi connectivity index (χ0) is 30.0. The first-order valence-electron chi connectivity index (χ1n) is 13.1. The third kappa shape index (κ3) is 5.92. The van der Waals surface area contributed by atoms with Gasteiger partial charge in [0, 0.05) is 67.1 Å². The van der Waals surface area contributed by atoms with Crippen LogP contribution in [0, 0.1) is 6.92 Å². The molecule has 0 saturated heterocycles. The Labute approximate surface area is 240 Å². The fourth-order valence-electron chi connectivity index (χ4n) is 4.90. The highest BCUT2D eigenvalue weighted by atomic mass is 19.4. The lowest BCUT2D eigenvalue weighted by Crippen LogP contribution is -2.24. The lowest BCUT2D eigenvalue weighted by molar-refractivity contribution is -0.140. The number of aldehydes is 1. The number of fused-ring (bicyclic) bond motifs is 1. The van der Waals surface area contributed by atoms with Crippen molar-refractivity contribution in [2.75, 3.05) is 32.2 Å². The summed E-state index contributed by atoms with van der Waals surface area (Å²) in [7, 11) is 4.89. The van der Waals surface area contributed by atoms with Gasteiger partial charge in [0.2, 0.25) is 0 Å². The number of aromatic nitrogens is 5. The van der Waals surface area contributed by atoms with Gasteiger partial charge in [-0.15, -0.1) is 0 Å². The van der Waals surface area contributed by atoms with E-state index >= 15 is 0 Å². The van der Waals surface area contributed by atoms with Gasteiger partial charge in [0.25, 0.3) is 0 Å². The number of alkyl halides is 3. The van der Waals surface area contributed by atoms with Crippen LogP contribution in [0.1, 0.15) is 27.3 Å². The highest BCUT2D eigenvalue weighted by Gasteiger charge is 2.38. The van der Waals surface area contributed by atoms with Crippen LogP contribution in [0.2, 0.25) is 0 Å². The molecule has 0 fully saturated rings. The Morgan fingerprint density at radius 3 is 2.62 bits per heavy atom. The quantitative estimate of drug-likeness (QED) is 0.201. The molecule has 0 unspecified atom stereocenters. The van der Waals surface area contributed by atoms with Crippen molar-refractivity contribution in [3.63, 3.8) is 0 Å². The number of ether oxygens (including phenoxy) is 2. The summed E-state index contributed by atoms with van der Waals surface area (Å²) in [5, 5.41) is 4.55. The third-order valence-electron chi connectivity index (χ3n) is 6.82.